The lowest BCUT2D eigenvalue weighted by Gasteiger charge is -2.18. The van der Waals surface area contributed by atoms with Crippen molar-refractivity contribution in [1.29, 1.82) is 0 Å². The van der Waals surface area contributed by atoms with Crippen LogP contribution in [0.5, 0.6) is 0 Å². The summed E-state index contributed by atoms with van der Waals surface area (Å²) in [7, 11) is 0. The molecular formula is C9H15NO4. The standard InChI is InChI=1S/C9H15NO4/c1-3-4-8(12)10(5-7(2)11)6-9(13)14/h3-6H2,1-2H3,(H,13,14). The number of carboxylic acid groups (broad SMARTS) is 1. The molecule has 0 spiro atoms. The highest BCUT2D eigenvalue weighted by molar-refractivity contribution is 5.87. The molecule has 14 heavy (non-hydrogen) atoms. The number of Topliss-reactive ketones (excluding diaryl/α,β-unsaturated/α-hetero) is 1. The summed E-state index contributed by atoms with van der Waals surface area (Å²) in [4.78, 5) is 33.5. The summed E-state index contributed by atoms with van der Waals surface area (Å²) >= 11 is 0. The van der Waals surface area contributed by atoms with Crippen molar-refractivity contribution in [2.45, 2.75) is 26.7 Å². The van der Waals surface area contributed by atoms with Crippen LogP contribution in [0, 0.1) is 0 Å². The summed E-state index contributed by atoms with van der Waals surface area (Å²) in [6.07, 6.45) is 0.924. The Labute approximate surface area is 82.7 Å². The Morgan fingerprint density at radius 3 is 2.14 bits per heavy atom. The number of hydrogen-bond donors (Lipinski definition) is 1. The van der Waals surface area contributed by atoms with Crippen molar-refractivity contribution in [1.82, 2.24) is 4.90 Å². The van der Waals surface area contributed by atoms with E-state index in [0.29, 0.717) is 6.42 Å². The van der Waals surface area contributed by atoms with Gasteiger partial charge in [-0.3, -0.25) is 14.4 Å². The molecule has 0 fully saturated rings. The van der Waals surface area contributed by atoms with E-state index in [0.717, 1.165) is 4.90 Å². The van der Waals surface area contributed by atoms with Crippen molar-refractivity contribution in [3.05, 3.63) is 0 Å². The molecule has 0 aromatic rings. The zero-order valence-corrected chi connectivity index (χ0v) is 8.45. The van der Waals surface area contributed by atoms with E-state index < -0.39 is 12.5 Å². The van der Waals surface area contributed by atoms with Crippen LogP contribution in [-0.4, -0.2) is 40.8 Å². The zero-order chi connectivity index (χ0) is 11.1. The van der Waals surface area contributed by atoms with Crippen LogP contribution in [0.2, 0.25) is 0 Å². The minimum atomic E-state index is -1.10. The number of nitrogens with zero attached hydrogens (tertiary/aromatic N) is 1. The van der Waals surface area contributed by atoms with Gasteiger partial charge in [0.2, 0.25) is 5.91 Å². The predicted molar refractivity (Wildman–Crippen MR) is 49.8 cm³/mol. The van der Waals surface area contributed by atoms with E-state index in [-0.39, 0.29) is 24.7 Å². The van der Waals surface area contributed by atoms with Gasteiger partial charge in [0.05, 0.1) is 6.54 Å². The van der Waals surface area contributed by atoms with Gasteiger partial charge >= 0.3 is 5.97 Å². The molecule has 0 saturated carbocycles. The number of amides is 1. The van der Waals surface area contributed by atoms with Crippen LogP contribution in [0.15, 0.2) is 0 Å². The highest BCUT2D eigenvalue weighted by atomic mass is 16.4. The number of carbonyl (C=O) groups is 3. The Morgan fingerprint density at radius 1 is 1.21 bits per heavy atom. The summed E-state index contributed by atoms with van der Waals surface area (Å²) < 4.78 is 0. The molecule has 0 aromatic carbocycles. The molecule has 0 aliphatic heterocycles. The molecule has 0 aromatic heterocycles. The van der Waals surface area contributed by atoms with E-state index in [2.05, 4.69) is 0 Å². The van der Waals surface area contributed by atoms with Gasteiger partial charge in [-0.2, -0.15) is 0 Å². The number of hydrogen-bond acceptors (Lipinski definition) is 3. The van der Waals surface area contributed by atoms with E-state index >= 15 is 0 Å². The van der Waals surface area contributed by atoms with Crippen molar-refractivity contribution >= 4 is 17.7 Å². The fourth-order valence-electron chi connectivity index (χ4n) is 1.04. The zero-order valence-electron chi connectivity index (χ0n) is 8.45. The van der Waals surface area contributed by atoms with Gasteiger partial charge in [0.1, 0.15) is 12.3 Å². The van der Waals surface area contributed by atoms with Crippen molar-refractivity contribution in [2.75, 3.05) is 13.1 Å². The lowest BCUT2D eigenvalue weighted by molar-refractivity contribution is -0.145. The molecular weight excluding hydrogens is 186 g/mol. The third-order valence-electron chi connectivity index (χ3n) is 1.56. The monoisotopic (exact) mass is 201 g/mol. The number of carboxylic acids is 1. The van der Waals surface area contributed by atoms with Gasteiger partial charge in [0.25, 0.3) is 0 Å². The lowest BCUT2D eigenvalue weighted by atomic mass is 10.2. The summed E-state index contributed by atoms with van der Waals surface area (Å²) in [6.45, 7) is 2.63. The molecule has 0 atom stereocenters. The molecule has 0 saturated heterocycles. The second kappa shape index (κ2) is 6.12. The summed E-state index contributed by atoms with van der Waals surface area (Å²) in [5.41, 5.74) is 0. The number of ketones is 1. The van der Waals surface area contributed by atoms with Crippen molar-refractivity contribution in [2.24, 2.45) is 0 Å². The van der Waals surface area contributed by atoms with Gasteiger partial charge in [0.15, 0.2) is 0 Å². The summed E-state index contributed by atoms with van der Waals surface area (Å²) in [6, 6.07) is 0. The quantitative estimate of drug-likeness (QED) is 0.670. The highest BCUT2D eigenvalue weighted by Gasteiger charge is 2.16. The average Bonchev–Trinajstić information content (AvgIpc) is 2.01. The van der Waals surface area contributed by atoms with E-state index in [1.54, 1.807) is 0 Å². The highest BCUT2D eigenvalue weighted by Crippen LogP contribution is 1.97. The largest absolute Gasteiger partial charge is 0.480 e. The maximum absolute atomic E-state index is 11.3. The number of rotatable bonds is 6. The molecule has 0 radical (unpaired) electrons. The van der Waals surface area contributed by atoms with Crippen molar-refractivity contribution in [3.63, 3.8) is 0 Å². The van der Waals surface area contributed by atoms with Crippen molar-refractivity contribution < 1.29 is 19.5 Å². The second-order valence-corrected chi connectivity index (χ2v) is 3.10. The first-order valence-corrected chi connectivity index (χ1v) is 4.46. The molecule has 0 aliphatic carbocycles. The smallest absolute Gasteiger partial charge is 0.323 e. The van der Waals surface area contributed by atoms with E-state index in [4.69, 9.17) is 5.11 Å². The molecule has 0 rings (SSSR count). The first-order chi connectivity index (χ1) is 6.47. The first-order valence-electron chi connectivity index (χ1n) is 4.46. The predicted octanol–water partition coefficient (Wildman–Crippen LogP) is 0.289. The normalized spacial score (nSPS) is 9.57. The average molecular weight is 201 g/mol. The molecule has 5 heteroatoms. The van der Waals surface area contributed by atoms with Crippen LogP contribution in [0.3, 0.4) is 0 Å². The van der Waals surface area contributed by atoms with Crippen LogP contribution < -0.4 is 0 Å². The van der Waals surface area contributed by atoms with Crippen LogP contribution >= 0.6 is 0 Å². The SMILES string of the molecule is CCCC(=O)N(CC(C)=O)CC(=O)O. The molecule has 0 aliphatic rings. The van der Waals surface area contributed by atoms with Crippen LogP contribution in [0.4, 0.5) is 0 Å². The van der Waals surface area contributed by atoms with Crippen molar-refractivity contribution in [3.8, 4) is 0 Å². The van der Waals surface area contributed by atoms with Gasteiger partial charge in [-0.25, -0.2) is 0 Å². The third kappa shape index (κ3) is 5.29. The Bertz CT molecular complexity index is 221. The number of aliphatic carboxylic acids is 1. The van der Waals surface area contributed by atoms with Gasteiger partial charge < -0.3 is 10.0 Å². The van der Waals surface area contributed by atoms with Gasteiger partial charge in [-0.15, -0.1) is 0 Å². The van der Waals surface area contributed by atoms with Crippen LogP contribution in [0.25, 0.3) is 0 Å². The Kier molecular flexibility index (Phi) is 5.52. The number of carbonyl (C=O) groups excluding carboxylic acids is 2. The third-order valence-corrected chi connectivity index (χ3v) is 1.56. The van der Waals surface area contributed by atoms with Gasteiger partial charge in [-0.05, 0) is 13.3 Å². The molecule has 80 valence electrons. The van der Waals surface area contributed by atoms with E-state index in [9.17, 15) is 14.4 Å². The minimum absolute atomic E-state index is 0.120. The Morgan fingerprint density at radius 2 is 1.79 bits per heavy atom. The topological polar surface area (TPSA) is 74.7 Å². The van der Waals surface area contributed by atoms with Crippen LogP contribution in [0.1, 0.15) is 26.7 Å². The lowest BCUT2D eigenvalue weighted by Crippen LogP contribution is -2.38. The molecule has 5 nitrogen and oxygen atoms in total. The second-order valence-electron chi connectivity index (χ2n) is 3.10. The fraction of sp³-hybridized carbons (Fsp3) is 0.667. The Balaban J connectivity index is 4.29. The summed E-state index contributed by atoms with van der Waals surface area (Å²) in [5, 5.41) is 8.51. The minimum Gasteiger partial charge on any atom is -0.480 e. The maximum atomic E-state index is 11.3. The molecule has 0 heterocycles. The Hall–Kier alpha value is -1.39. The molecule has 0 bridgehead atoms. The van der Waals surface area contributed by atoms with Gasteiger partial charge in [-0.1, -0.05) is 6.92 Å². The van der Waals surface area contributed by atoms with Gasteiger partial charge in [0, 0.05) is 6.42 Å². The fourth-order valence-corrected chi connectivity index (χ4v) is 1.04. The molecule has 1 amide bonds. The van der Waals surface area contributed by atoms with E-state index in [1.807, 2.05) is 6.92 Å². The molecule has 1 N–H and O–H groups in total. The summed E-state index contributed by atoms with van der Waals surface area (Å²) in [5.74, 6) is -1.60. The van der Waals surface area contributed by atoms with Crippen LogP contribution in [-0.2, 0) is 14.4 Å². The molecule has 0 unspecified atom stereocenters. The van der Waals surface area contributed by atoms with E-state index in [1.165, 1.54) is 6.92 Å². The maximum Gasteiger partial charge on any atom is 0.323 e. The first kappa shape index (κ1) is 12.6.